The van der Waals surface area contributed by atoms with Crippen LogP contribution in [0.2, 0.25) is 0 Å². The predicted molar refractivity (Wildman–Crippen MR) is 177 cm³/mol. The SMILES string of the molecule is COC(=O)C=CCNC[C@H](Cc1ccccc1)NC(=O)[C@](C)(Cc1c[nH]c2ccccc12)NC(=O)OC1C2CC3CC(C2)CC1C3. The summed E-state index contributed by atoms with van der Waals surface area (Å²) in [5.74, 6) is 1.68. The second kappa shape index (κ2) is 14.1. The van der Waals surface area contributed by atoms with Gasteiger partial charge in [0.2, 0.25) is 5.91 Å². The number of nitrogens with one attached hydrogen (secondary N) is 4. The van der Waals surface area contributed by atoms with E-state index < -0.39 is 17.6 Å². The van der Waals surface area contributed by atoms with E-state index in [1.807, 2.05) is 60.8 Å². The molecule has 9 heteroatoms. The van der Waals surface area contributed by atoms with Gasteiger partial charge in [-0.25, -0.2) is 9.59 Å². The zero-order chi connectivity index (χ0) is 32.1. The van der Waals surface area contributed by atoms with Crippen LogP contribution in [0.5, 0.6) is 0 Å². The molecular weight excluding hydrogens is 580 g/mol. The van der Waals surface area contributed by atoms with Crippen molar-refractivity contribution in [3.8, 4) is 0 Å². The molecule has 4 saturated carbocycles. The van der Waals surface area contributed by atoms with E-state index in [-0.39, 0.29) is 24.5 Å². The Bertz CT molecular complexity index is 1520. The number of benzene rings is 2. The minimum absolute atomic E-state index is 0.0822. The van der Waals surface area contributed by atoms with Crippen LogP contribution in [-0.4, -0.2) is 60.8 Å². The Labute approximate surface area is 270 Å². The monoisotopic (exact) mass is 626 g/mol. The lowest BCUT2D eigenvalue weighted by Gasteiger charge is -2.53. The number of carbonyl (C=O) groups excluding carboxylic acids is 3. The molecule has 0 aliphatic heterocycles. The molecule has 2 aromatic carbocycles. The second-order valence-corrected chi connectivity index (χ2v) is 13.7. The van der Waals surface area contributed by atoms with E-state index in [0.29, 0.717) is 31.3 Å². The van der Waals surface area contributed by atoms with Crippen molar-refractivity contribution < 1.29 is 23.9 Å². The largest absolute Gasteiger partial charge is 0.466 e. The first-order valence-corrected chi connectivity index (χ1v) is 16.6. The Hall–Kier alpha value is -4.11. The van der Waals surface area contributed by atoms with Gasteiger partial charge in [-0.15, -0.1) is 0 Å². The van der Waals surface area contributed by atoms with Gasteiger partial charge in [-0.2, -0.15) is 0 Å². The maximum atomic E-state index is 14.3. The quantitative estimate of drug-likeness (QED) is 0.120. The third-order valence-electron chi connectivity index (χ3n) is 10.2. The van der Waals surface area contributed by atoms with E-state index in [0.717, 1.165) is 59.5 Å². The molecule has 2 amide bonds. The highest BCUT2D eigenvalue weighted by molar-refractivity contribution is 5.91. The number of fused-ring (bicyclic) bond motifs is 1. The Morgan fingerprint density at radius 3 is 2.39 bits per heavy atom. The van der Waals surface area contributed by atoms with Crippen LogP contribution >= 0.6 is 0 Å². The Morgan fingerprint density at radius 1 is 0.978 bits per heavy atom. The molecule has 1 heterocycles. The van der Waals surface area contributed by atoms with Gasteiger partial charge in [-0.3, -0.25) is 4.79 Å². The fraction of sp³-hybridized carbons (Fsp3) is 0.486. The van der Waals surface area contributed by atoms with Crippen molar-refractivity contribution in [3.63, 3.8) is 0 Å². The summed E-state index contributed by atoms with van der Waals surface area (Å²) in [5, 5.41) is 10.6. The standard InChI is InChI=1S/C37H46N4O5/c1-37(21-29-22-39-32-12-7-6-11-31(29)32,41-36(44)46-34-27-16-25-15-26(18-27)19-28(34)17-25)35(43)40-30(20-24-9-4-3-5-10-24)23-38-14-8-13-33(42)45-2/h3-13,22,25-28,30,34,38-39H,14-21,23H2,1-2H3,(H,40,43)(H,41,44)/t25?,26?,27?,28?,30-,34?,37-/m0/s1. The number of methoxy groups -OCH3 is 1. The van der Waals surface area contributed by atoms with Crippen molar-refractivity contribution in [1.82, 2.24) is 20.9 Å². The average Bonchev–Trinajstić information content (AvgIpc) is 3.44. The van der Waals surface area contributed by atoms with Crippen molar-refractivity contribution in [2.75, 3.05) is 20.2 Å². The lowest BCUT2D eigenvalue weighted by Crippen LogP contribution is -2.62. The number of hydrogen-bond donors (Lipinski definition) is 4. The fourth-order valence-corrected chi connectivity index (χ4v) is 8.27. The third-order valence-corrected chi connectivity index (χ3v) is 10.2. The van der Waals surface area contributed by atoms with Gasteiger partial charge in [0.1, 0.15) is 11.6 Å². The molecule has 244 valence electrons. The first-order valence-electron chi connectivity index (χ1n) is 16.6. The Morgan fingerprint density at radius 2 is 1.67 bits per heavy atom. The molecule has 2 atom stereocenters. The third kappa shape index (κ3) is 7.47. The highest BCUT2D eigenvalue weighted by Crippen LogP contribution is 2.54. The number of rotatable bonds is 13. The second-order valence-electron chi connectivity index (χ2n) is 13.7. The molecule has 4 aliphatic rings. The molecule has 4 fully saturated rings. The molecule has 0 unspecified atom stereocenters. The van der Waals surface area contributed by atoms with Gasteiger partial charge >= 0.3 is 12.1 Å². The molecular formula is C37H46N4O5. The molecule has 0 radical (unpaired) electrons. The van der Waals surface area contributed by atoms with Gasteiger partial charge < -0.3 is 30.4 Å². The van der Waals surface area contributed by atoms with Gasteiger partial charge in [0, 0.05) is 48.7 Å². The molecule has 7 rings (SSSR count). The van der Waals surface area contributed by atoms with E-state index in [9.17, 15) is 14.4 Å². The summed E-state index contributed by atoms with van der Waals surface area (Å²) in [4.78, 5) is 42.8. The van der Waals surface area contributed by atoms with Crippen LogP contribution in [0.25, 0.3) is 10.9 Å². The van der Waals surface area contributed by atoms with Crippen LogP contribution in [0.1, 0.15) is 50.2 Å². The molecule has 3 aromatic rings. The molecule has 9 nitrogen and oxygen atoms in total. The van der Waals surface area contributed by atoms with Crippen LogP contribution < -0.4 is 16.0 Å². The summed E-state index contributed by atoms with van der Waals surface area (Å²) in [6.07, 6.45) is 11.1. The number of hydrogen-bond acceptors (Lipinski definition) is 6. The lowest BCUT2D eigenvalue weighted by molar-refractivity contribution is -0.134. The number of aromatic nitrogens is 1. The van der Waals surface area contributed by atoms with Gasteiger partial charge in [-0.1, -0.05) is 54.6 Å². The van der Waals surface area contributed by atoms with Crippen LogP contribution in [-0.2, 0) is 31.9 Å². The molecule has 1 aromatic heterocycles. The number of esters is 1. The average molecular weight is 627 g/mol. The number of aromatic amines is 1. The highest BCUT2D eigenvalue weighted by Gasteiger charge is 2.50. The first kappa shape index (κ1) is 31.9. The summed E-state index contributed by atoms with van der Waals surface area (Å²) in [7, 11) is 1.34. The van der Waals surface area contributed by atoms with Crippen molar-refractivity contribution >= 4 is 28.9 Å². The lowest BCUT2D eigenvalue weighted by atomic mass is 9.55. The minimum Gasteiger partial charge on any atom is -0.466 e. The number of H-pyrrole nitrogens is 1. The molecule has 0 saturated heterocycles. The molecule has 4 bridgehead atoms. The summed E-state index contributed by atoms with van der Waals surface area (Å²) < 4.78 is 10.9. The Balaban J connectivity index is 1.19. The first-order chi connectivity index (χ1) is 22.3. The van der Waals surface area contributed by atoms with Crippen molar-refractivity contribution in [2.24, 2.45) is 23.7 Å². The van der Waals surface area contributed by atoms with E-state index in [1.54, 1.807) is 13.0 Å². The van der Waals surface area contributed by atoms with Crippen LogP contribution in [0.15, 0.2) is 72.9 Å². The van der Waals surface area contributed by atoms with Crippen LogP contribution in [0.4, 0.5) is 4.79 Å². The normalized spacial score (nSPS) is 25.2. The van der Waals surface area contributed by atoms with E-state index >= 15 is 0 Å². The van der Waals surface area contributed by atoms with Gasteiger partial charge in [0.05, 0.1) is 7.11 Å². The number of para-hydroxylation sites is 1. The van der Waals surface area contributed by atoms with Crippen molar-refractivity contribution in [1.29, 1.82) is 0 Å². The minimum atomic E-state index is -1.28. The maximum Gasteiger partial charge on any atom is 0.408 e. The molecule has 46 heavy (non-hydrogen) atoms. The fourth-order valence-electron chi connectivity index (χ4n) is 8.27. The summed E-state index contributed by atoms with van der Waals surface area (Å²) in [6.45, 7) is 2.67. The van der Waals surface area contributed by atoms with Gasteiger partial charge in [0.15, 0.2) is 0 Å². The summed E-state index contributed by atoms with van der Waals surface area (Å²) >= 11 is 0. The van der Waals surface area contributed by atoms with Crippen molar-refractivity contribution in [3.05, 3.63) is 84.1 Å². The maximum absolute atomic E-state index is 14.3. The van der Waals surface area contributed by atoms with Gasteiger partial charge in [-0.05, 0) is 86.3 Å². The smallest absolute Gasteiger partial charge is 0.408 e. The van der Waals surface area contributed by atoms with E-state index in [4.69, 9.17) is 4.74 Å². The molecule has 0 spiro atoms. The van der Waals surface area contributed by atoms with Crippen LogP contribution in [0, 0.1) is 23.7 Å². The number of carbonyl (C=O) groups is 3. The molecule has 4 N–H and O–H groups in total. The van der Waals surface area contributed by atoms with E-state index in [1.165, 1.54) is 19.6 Å². The number of alkyl carbamates (subject to hydrolysis) is 1. The zero-order valence-electron chi connectivity index (χ0n) is 26.8. The van der Waals surface area contributed by atoms with Crippen molar-refractivity contribution in [2.45, 2.75) is 69.6 Å². The predicted octanol–water partition coefficient (Wildman–Crippen LogP) is 5.07. The number of amides is 2. The van der Waals surface area contributed by atoms with Crippen LogP contribution in [0.3, 0.4) is 0 Å². The van der Waals surface area contributed by atoms with E-state index in [2.05, 4.69) is 25.7 Å². The topological polar surface area (TPSA) is 122 Å². The van der Waals surface area contributed by atoms with Gasteiger partial charge in [0.25, 0.3) is 0 Å². The zero-order valence-corrected chi connectivity index (χ0v) is 26.8. The molecule has 4 aliphatic carbocycles. The number of ether oxygens (including phenoxy) is 2. The highest BCUT2D eigenvalue weighted by atomic mass is 16.6. The summed E-state index contributed by atoms with van der Waals surface area (Å²) in [5.41, 5.74) is 1.71. The Kier molecular flexibility index (Phi) is 9.78. The summed E-state index contributed by atoms with van der Waals surface area (Å²) in [6, 6.07) is 17.7.